The monoisotopic (exact) mass is 241 g/mol. The number of rotatable bonds is 7. The molecule has 0 aromatic rings. The molecule has 0 amide bonds. The van der Waals surface area contributed by atoms with E-state index in [9.17, 15) is 13.2 Å². The van der Waals surface area contributed by atoms with Gasteiger partial charge < -0.3 is 10.1 Å². The van der Waals surface area contributed by atoms with Crippen LogP contribution < -0.4 is 5.32 Å². The Morgan fingerprint density at radius 2 is 1.75 bits per heavy atom. The second kappa shape index (κ2) is 6.45. The summed E-state index contributed by atoms with van der Waals surface area (Å²) in [5, 5.41) is 3.06. The first kappa shape index (κ1) is 15.7. The number of alkyl halides is 3. The average molecular weight is 241 g/mol. The van der Waals surface area contributed by atoms with Crippen molar-refractivity contribution in [1.29, 1.82) is 0 Å². The van der Waals surface area contributed by atoms with Gasteiger partial charge in [-0.1, -0.05) is 6.92 Å². The van der Waals surface area contributed by atoms with Crippen LogP contribution in [0.2, 0.25) is 0 Å². The van der Waals surface area contributed by atoms with E-state index in [1.54, 1.807) is 0 Å². The van der Waals surface area contributed by atoms with E-state index in [-0.39, 0.29) is 12.5 Å². The Kier molecular flexibility index (Phi) is 6.33. The molecule has 0 aromatic carbocycles. The standard InChI is InChI=1S/C11H22F3NO/c1-5-15-9(7-8-11(12,13)14)10(3,4)16-6-2/h9,15H,5-8H2,1-4H3. The van der Waals surface area contributed by atoms with Crippen LogP contribution in [0.4, 0.5) is 13.2 Å². The van der Waals surface area contributed by atoms with Crippen molar-refractivity contribution in [2.45, 2.75) is 58.4 Å². The van der Waals surface area contributed by atoms with Crippen LogP contribution in [0.1, 0.15) is 40.5 Å². The average Bonchev–Trinajstić information content (AvgIpc) is 2.10. The molecule has 0 aromatic heterocycles. The minimum atomic E-state index is -4.10. The van der Waals surface area contributed by atoms with E-state index in [2.05, 4.69) is 5.32 Å². The molecule has 5 heteroatoms. The van der Waals surface area contributed by atoms with Gasteiger partial charge >= 0.3 is 6.18 Å². The summed E-state index contributed by atoms with van der Waals surface area (Å²) in [6, 6.07) is -0.279. The molecule has 0 aliphatic heterocycles. The molecule has 1 atom stereocenters. The molecule has 0 aliphatic carbocycles. The van der Waals surface area contributed by atoms with E-state index in [4.69, 9.17) is 4.74 Å². The third-order valence-electron chi connectivity index (χ3n) is 2.52. The molecule has 0 spiro atoms. The molecular weight excluding hydrogens is 219 g/mol. The summed E-state index contributed by atoms with van der Waals surface area (Å²) >= 11 is 0. The molecule has 0 radical (unpaired) electrons. The van der Waals surface area contributed by atoms with Crippen LogP contribution in [-0.2, 0) is 4.74 Å². The summed E-state index contributed by atoms with van der Waals surface area (Å²) in [5.74, 6) is 0. The number of ether oxygens (including phenoxy) is 1. The van der Waals surface area contributed by atoms with Crippen molar-refractivity contribution in [3.05, 3.63) is 0 Å². The molecule has 98 valence electrons. The molecule has 0 heterocycles. The molecule has 16 heavy (non-hydrogen) atoms. The fourth-order valence-electron chi connectivity index (χ4n) is 1.72. The number of hydrogen-bond donors (Lipinski definition) is 1. The topological polar surface area (TPSA) is 21.3 Å². The third-order valence-corrected chi connectivity index (χ3v) is 2.52. The largest absolute Gasteiger partial charge is 0.389 e. The highest BCUT2D eigenvalue weighted by atomic mass is 19.4. The lowest BCUT2D eigenvalue weighted by molar-refractivity contribution is -0.141. The zero-order chi connectivity index (χ0) is 12.8. The summed E-state index contributed by atoms with van der Waals surface area (Å²) in [6.45, 7) is 8.50. The van der Waals surface area contributed by atoms with Crippen LogP contribution in [0.5, 0.6) is 0 Å². The van der Waals surface area contributed by atoms with Gasteiger partial charge in [0, 0.05) is 19.1 Å². The molecule has 2 nitrogen and oxygen atoms in total. The summed E-state index contributed by atoms with van der Waals surface area (Å²) in [7, 11) is 0. The summed E-state index contributed by atoms with van der Waals surface area (Å²) < 4.78 is 42.0. The molecule has 0 rings (SSSR count). The highest BCUT2D eigenvalue weighted by Gasteiger charge is 2.34. The Hall–Kier alpha value is -0.290. The normalized spacial score (nSPS) is 15.2. The summed E-state index contributed by atoms with van der Waals surface area (Å²) in [6.07, 6.45) is -4.83. The van der Waals surface area contributed by atoms with Crippen LogP contribution >= 0.6 is 0 Å². The van der Waals surface area contributed by atoms with Gasteiger partial charge in [-0.3, -0.25) is 0 Å². The fourth-order valence-corrected chi connectivity index (χ4v) is 1.72. The lowest BCUT2D eigenvalue weighted by Crippen LogP contribution is -2.49. The van der Waals surface area contributed by atoms with E-state index in [1.165, 1.54) is 0 Å². The zero-order valence-corrected chi connectivity index (χ0v) is 10.4. The van der Waals surface area contributed by atoms with Gasteiger partial charge in [-0.15, -0.1) is 0 Å². The minimum Gasteiger partial charge on any atom is -0.374 e. The maximum Gasteiger partial charge on any atom is 0.389 e. The van der Waals surface area contributed by atoms with Crippen molar-refractivity contribution in [2.75, 3.05) is 13.2 Å². The van der Waals surface area contributed by atoms with Gasteiger partial charge in [-0.05, 0) is 33.7 Å². The van der Waals surface area contributed by atoms with Gasteiger partial charge in [-0.2, -0.15) is 13.2 Å². The highest BCUT2D eigenvalue weighted by molar-refractivity contribution is 4.86. The van der Waals surface area contributed by atoms with Crippen molar-refractivity contribution in [3.8, 4) is 0 Å². The molecular formula is C11H22F3NO. The first-order valence-electron chi connectivity index (χ1n) is 5.67. The van der Waals surface area contributed by atoms with Crippen LogP contribution in [0.25, 0.3) is 0 Å². The van der Waals surface area contributed by atoms with E-state index in [1.807, 2.05) is 27.7 Å². The van der Waals surface area contributed by atoms with Crippen LogP contribution in [-0.4, -0.2) is 31.0 Å². The van der Waals surface area contributed by atoms with Gasteiger partial charge in [-0.25, -0.2) is 0 Å². The number of hydrogen-bond acceptors (Lipinski definition) is 2. The Morgan fingerprint density at radius 1 is 1.19 bits per heavy atom. The van der Waals surface area contributed by atoms with Gasteiger partial charge in [0.1, 0.15) is 0 Å². The van der Waals surface area contributed by atoms with Gasteiger partial charge in [0.15, 0.2) is 0 Å². The first-order chi connectivity index (χ1) is 7.23. The maximum absolute atomic E-state index is 12.2. The summed E-state index contributed by atoms with van der Waals surface area (Å²) in [4.78, 5) is 0. The van der Waals surface area contributed by atoms with Gasteiger partial charge in [0.05, 0.1) is 5.60 Å². The van der Waals surface area contributed by atoms with Crippen molar-refractivity contribution in [2.24, 2.45) is 0 Å². The van der Waals surface area contributed by atoms with E-state index >= 15 is 0 Å². The molecule has 0 bridgehead atoms. The fraction of sp³-hybridized carbons (Fsp3) is 1.00. The predicted octanol–water partition coefficient (Wildman–Crippen LogP) is 3.12. The second-order valence-corrected chi connectivity index (χ2v) is 4.30. The Morgan fingerprint density at radius 3 is 2.12 bits per heavy atom. The summed E-state index contributed by atoms with van der Waals surface area (Å²) in [5.41, 5.74) is -0.573. The molecule has 1 unspecified atom stereocenters. The number of nitrogens with one attached hydrogen (secondary N) is 1. The SMILES string of the molecule is CCNC(CCC(F)(F)F)C(C)(C)OCC. The zero-order valence-electron chi connectivity index (χ0n) is 10.4. The van der Waals surface area contributed by atoms with Crippen LogP contribution in [0.3, 0.4) is 0 Å². The Bertz CT molecular complexity index is 192. The van der Waals surface area contributed by atoms with E-state index < -0.39 is 18.2 Å². The van der Waals surface area contributed by atoms with Gasteiger partial charge in [0.25, 0.3) is 0 Å². The lowest BCUT2D eigenvalue weighted by Gasteiger charge is -2.35. The molecule has 0 saturated heterocycles. The van der Waals surface area contributed by atoms with Crippen molar-refractivity contribution >= 4 is 0 Å². The van der Waals surface area contributed by atoms with Gasteiger partial charge in [0.2, 0.25) is 0 Å². The maximum atomic E-state index is 12.2. The van der Waals surface area contributed by atoms with E-state index in [0.717, 1.165) is 0 Å². The molecule has 0 aliphatic rings. The van der Waals surface area contributed by atoms with Crippen molar-refractivity contribution in [1.82, 2.24) is 5.32 Å². The molecule has 1 N–H and O–H groups in total. The smallest absolute Gasteiger partial charge is 0.374 e. The van der Waals surface area contributed by atoms with Crippen LogP contribution in [0, 0.1) is 0 Å². The molecule has 0 fully saturated rings. The predicted molar refractivity (Wildman–Crippen MR) is 58.5 cm³/mol. The molecule has 0 saturated carbocycles. The first-order valence-corrected chi connectivity index (χ1v) is 5.67. The van der Waals surface area contributed by atoms with Crippen molar-refractivity contribution in [3.63, 3.8) is 0 Å². The lowest BCUT2D eigenvalue weighted by atomic mass is 9.94. The highest BCUT2D eigenvalue weighted by Crippen LogP contribution is 2.26. The van der Waals surface area contributed by atoms with Crippen LogP contribution in [0.15, 0.2) is 0 Å². The number of halogens is 3. The third kappa shape index (κ3) is 6.33. The van der Waals surface area contributed by atoms with Crippen molar-refractivity contribution < 1.29 is 17.9 Å². The second-order valence-electron chi connectivity index (χ2n) is 4.30. The number of likely N-dealkylation sites (N-methyl/N-ethyl adjacent to an activating group) is 1. The minimum absolute atomic E-state index is 0.0460. The quantitative estimate of drug-likeness (QED) is 0.739. The Balaban J connectivity index is 4.36. The van der Waals surface area contributed by atoms with E-state index in [0.29, 0.717) is 13.2 Å². The Labute approximate surface area is 95.5 Å².